The highest BCUT2D eigenvalue weighted by Crippen LogP contribution is 2.22. The van der Waals surface area contributed by atoms with E-state index in [9.17, 15) is 14.0 Å². The number of hydrogen-bond acceptors (Lipinski definition) is 8. The zero-order chi connectivity index (χ0) is 44.2. The number of hydrogen-bond donors (Lipinski definition) is 1. The minimum Gasteiger partial charge on any atom is -0.478 e. The molecule has 0 atom stereocenters. The molecular formula is C52H64FN5O4. The van der Waals surface area contributed by atoms with Crippen LogP contribution in [-0.4, -0.2) is 37.4 Å². The molecule has 0 unspecified atom stereocenters. The van der Waals surface area contributed by atoms with Gasteiger partial charge in [0.05, 0.1) is 39.5 Å². The molecule has 9 nitrogen and oxygen atoms in total. The average Bonchev–Trinajstić information content (AvgIpc) is 3.30. The lowest BCUT2D eigenvalue weighted by Gasteiger charge is -2.06. The smallest absolute Gasteiger partial charge is 0.343 e. The van der Waals surface area contributed by atoms with Crippen molar-refractivity contribution in [1.29, 1.82) is 5.26 Å². The minimum absolute atomic E-state index is 0.0454. The monoisotopic (exact) mass is 841 g/mol. The molecule has 0 aliphatic carbocycles. The van der Waals surface area contributed by atoms with Gasteiger partial charge in [-0.25, -0.2) is 14.0 Å². The molecule has 0 saturated heterocycles. The number of carboxylic acids is 1. The lowest BCUT2D eigenvalue weighted by molar-refractivity contribution is 0.0694. The van der Waals surface area contributed by atoms with Gasteiger partial charge in [0.1, 0.15) is 17.6 Å². The number of nitriles is 1. The number of carbonyl (C=O) groups is 2. The van der Waals surface area contributed by atoms with E-state index in [4.69, 9.17) is 15.1 Å². The Labute approximate surface area is 368 Å². The number of nitrogens with zero attached hydrogens (tertiary/aromatic N) is 5. The van der Waals surface area contributed by atoms with Gasteiger partial charge in [-0.2, -0.15) is 25.7 Å². The van der Waals surface area contributed by atoms with Crippen molar-refractivity contribution < 1.29 is 23.8 Å². The molecule has 1 N–H and O–H groups in total. The number of benzene rings is 3. The Balaban J connectivity index is 0.000000282. The van der Waals surface area contributed by atoms with E-state index in [1.807, 2.05) is 24.3 Å². The van der Waals surface area contributed by atoms with Crippen molar-refractivity contribution >= 4 is 11.9 Å². The number of esters is 1. The van der Waals surface area contributed by atoms with Crippen LogP contribution in [0.2, 0.25) is 0 Å². The maximum Gasteiger partial charge on any atom is 0.343 e. The topological polar surface area (TPSA) is 139 Å². The van der Waals surface area contributed by atoms with E-state index in [1.165, 1.54) is 121 Å². The average molecular weight is 842 g/mol. The summed E-state index contributed by atoms with van der Waals surface area (Å²) >= 11 is 0. The lowest BCUT2D eigenvalue weighted by Crippen LogP contribution is -2.08. The summed E-state index contributed by atoms with van der Waals surface area (Å²) in [6, 6.07) is 26.9. The highest BCUT2D eigenvalue weighted by Gasteiger charge is 2.12. The summed E-state index contributed by atoms with van der Waals surface area (Å²) in [7, 11) is 0. The van der Waals surface area contributed by atoms with Gasteiger partial charge in [-0.3, -0.25) is 0 Å². The van der Waals surface area contributed by atoms with Gasteiger partial charge >= 0.3 is 11.9 Å². The van der Waals surface area contributed by atoms with Crippen LogP contribution in [-0.2, 0) is 12.8 Å². The highest BCUT2D eigenvalue weighted by atomic mass is 19.1. The van der Waals surface area contributed by atoms with Gasteiger partial charge < -0.3 is 9.84 Å². The fraction of sp³-hybridized carbons (Fsp3) is 0.442. The van der Waals surface area contributed by atoms with Crippen LogP contribution in [0.5, 0.6) is 5.75 Å². The predicted octanol–water partition coefficient (Wildman–Crippen LogP) is 13.8. The maximum atomic E-state index is 13.7. The van der Waals surface area contributed by atoms with Crippen molar-refractivity contribution in [3.05, 3.63) is 125 Å². The van der Waals surface area contributed by atoms with E-state index in [-0.39, 0.29) is 16.9 Å². The summed E-state index contributed by atoms with van der Waals surface area (Å²) in [6.07, 6.45) is 26.9. The maximum absolute atomic E-state index is 13.7. The first-order chi connectivity index (χ1) is 30.3. The van der Waals surface area contributed by atoms with Gasteiger partial charge in [0.15, 0.2) is 0 Å². The van der Waals surface area contributed by atoms with E-state index in [1.54, 1.807) is 54.6 Å². The lowest BCUT2D eigenvalue weighted by atomic mass is 10.0. The van der Waals surface area contributed by atoms with E-state index in [0.29, 0.717) is 5.56 Å². The molecule has 10 heteroatoms. The van der Waals surface area contributed by atoms with Crippen molar-refractivity contribution in [2.45, 2.75) is 149 Å². The number of aryl methyl sites for hydroxylation is 2. The molecule has 3 aromatic carbocycles. The molecule has 5 rings (SSSR count). The first-order valence-corrected chi connectivity index (χ1v) is 22.8. The third-order valence-electron chi connectivity index (χ3n) is 10.9. The molecule has 0 spiro atoms. The molecule has 0 fully saturated rings. The van der Waals surface area contributed by atoms with E-state index >= 15 is 0 Å². The molecular weight excluding hydrogens is 778 g/mol. The summed E-state index contributed by atoms with van der Waals surface area (Å²) in [5.74, 6) is -2.21. The largest absolute Gasteiger partial charge is 0.478 e. The van der Waals surface area contributed by atoms with Crippen LogP contribution < -0.4 is 4.74 Å². The Kier molecular flexibility index (Phi) is 22.6. The minimum atomic E-state index is -0.917. The van der Waals surface area contributed by atoms with Crippen LogP contribution in [0.15, 0.2) is 91.0 Å². The van der Waals surface area contributed by atoms with Crippen LogP contribution in [0, 0.1) is 17.1 Å². The van der Waals surface area contributed by atoms with Crippen LogP contribution in [0.1, 0.15) is 174 Å². The van der Waals surface area contributed by atoms with E-state index in [0.717, 1.165) is 65.7 Å². The predicted molar refractivity (Wildman–Crippen MR) is 244 cm³/mol. The fourth-order valence-electron chi connectivity index (χ4n) is 7.08. The van der Waals surface area contributed by atoms with Crippen molar-refractivity contribution in [3.63, 3.8) is 0 Å². The summed E-state index contributed by atoms with van der Waals surface area (Å²) < 4.78 is 18.9. The van der Waals surface area contributed by atoms with E-state index in [2.05, 4.69) is 34.2 Å². The Hall–Kier alpha value is -5.82. The first kappa shape index (κ1) is 48.8. The summed E-state index contributed by atoms with van der Waals surface area (Å²) in [6.45, 7) is 4.51. The highest BCUT2D eigenvalue weighted by molar-refractivity contribution is 5.91. The molecule has 328 valence electrons. The van der Waals surface area contributed by atoms with Crippen molar-refractivity contribution in [2.24, 2.45) is 0 Å². The number of unbranched alkanes of at least 4 members (excludes halogenated alkanes) is 17. The number of ether oxygens (including phenoxy) is 1. The Morgan fingerprint density at radius 1 is 0.548 bits per heavy atom. The van der Waals surface area contributed by atoms with Gasteiger partial charge in [0.25, 0.3) is 0 Å². The Morgan fingerprint density at radius 3 is 1.34 bits per heavy atom. The van der Waals surface area contributed by atoms with Crippen molar-refractivity contribution in [2.75, 3.05) is 0 Å². The van der Waals surface area contributed by atoms with Gasteiger partial charge in [0.2, 0.25) is 0 Å². The summed E-state index contributed by atoms with van der Waals surface area (Å²) in [5, 5.41) is 35.1. The van der Waals surface area contributed by atoms with Crippen molar-refractivity contribution in [1.82, 2.24) is 20.4 Å². The molecule has 62 heavy (non-hydrogen) atoms. The van der Waals surface area contributed by atoms with Crippen molar-refractivity contribution in [3.8, 4) is 34.3 Å². The number of aromatic nitrogens is 4. The normalized spacial score (nSPS) is 10.7. The van der Waals surface area contributed by atoms with Gasteiger partial charge in [-0.15, -0.1) is 0 Å². The second-order valence-corrected chi connectivity index (χ2v) is 15.9. The summed E-state index contributed by atoms with van der Waals surface area (Å²) in [5.41, 5.74) is 5.76. The third kappa shape index (κ3) is 18.0. The molecule has 0 aliphatic rings. The molecule has 0 bridgehead atoms. The van der Waals surface area contributed by atoms with Crippen LogP contribution in [0.3, 0.4) is 0 Å². The molecule has 0 aliphatic heterocycles. The molecule has 0 saturated carbocycles. The standard InChI is InChI=1S/C29H32FN3O2.C23H32N2O2/c1-2-3-4-5-6-7-8-9-10-11-25-17-19-28(33-32-25)22-12-14-23(15-13-22)29(34)35-26-18-16-24(21-31)27(30)20-26;1-2-3-4-5-6-7-8-9-10-11-12-21-17-18-22(25-24-21)19-13-15-20(16-14-19)23(26)27/h12-20H,2-11H2,1H3;13-18H,2-12H2,1H3,(H,26,27). The Morgan fingerprint density at radius 2 is 0.968 bits per heavy atom. The third-order valence-corrected chi connectivity index (χ3v) is 10.9. The van der Waals surface area contributed by atoms with Crippen LogP contribution >= 0.6 is 0 Å². The van der Waals surface area contributed by atoms with E-state index < -0.39 is 17.8 Å². The molecule has 2 heterocycles. The van der Waals surface area contributed by atoms with Gasteiger partial charge in [-0.1, -0.05) is 147 Å². The van der Waals surface area contributed by atoms with Crippen LogP contribution in [0.25, 0.3) is 22.5 Å². The quantitative estimate of drug-likeness (QED) is 0.0327. The molecule has 0 amide bonds. The second-order valence-electron chi connectivity index (χ2n) is 15.9. The molecule has 5 aromatic rings. The Bertz CT molecular complexity index is 2080. The SMILES string of the molecule is CCCCCCCCCCCCc1ccc(-c2ccc(C(=O)O)cc2)nn1.CCCCCCCCCCCc1ccc(-c2ccc(C(=O)Oc3ccc(C#N)c(F)c3)cc2)nn1. The van der Waals surface area contributed by atoms with Gasteiger partial charge in [0, 0.05) is 17.2 Å². The number of carbonyl (C=O) groups excluding carboxylic acids is 1. The molecule has 2 aromatic heterocycles. The zero-order valence-electron chi connectivity index (χ0n) is 36.8. The number of halogens is 1. The first-order valence-electron chi connectivity index (χ1n) is 22.8. The van der Waals surface area contributed by atoms with Crippen LogP contribution in [0.4, 0.5) is 4.39 Å². The fourth-order valence-corrected chi connectivity index (χ4v) is 7.08. The zero-order valence-corrected chi connectivity index (χ0v) is 36.8. The summed E-state index contributed by atoms with van der Waals surface area (Å²) in [4.78, 5) is 23.3. The van der Waals surface area contributed by atoms with Gasteiger partial charge in [-0.05, 0) is 86.3 Å². The number of carboxylic acid groups (broad SMARTS) is 1. The number of rotatable bonds is 26. The number of aromatic carboxylic acids is 1. The second kappa shape index (κ2) is 28.7. The molecule has 0 radical (unpaired) electrons.